The highest BCUT2D eigenvalue weighted by Crippen LogP contribution is 2.73. The summed E-state index contributed by atoms with van der Waals surface area (Å²) in [4.78, 5) is 5.14. The summed E-state index contributed by atoms with van der Waals surface area (Å²) in [6.07, 6.45) is 4.56. The molecule has 0 aromatic rings. The van der Waals surface area contributed by atoms with Crippen LogP contribution in [0.2, 0.25) is 0 Å². The van der Waals surface area contributed by atoms with Gasteiger partial charge in [-0.15, -0.1) is 0 Å². The van der Waals surface area contributed by atoms with E-state index < -0.39 is 0 Å². The molecule has 2 heteroatoms. The SMILES string of the molecule is CN1CCN(CC23CC(C)(C2)C3)CC1. The number of likely N-dealkylation sites (N-methyl/N-ethyl adjacent to an activating group) is 1. The van der Waals surface area contributed by atoms with Gasteiger partial charge in [0, 0.05) is 32.7 Å². The van der Waals surface area contributed by atoms with Gasteiger partial charge in [0.05, 0.1) is 0 Å². The maximum atomic E-state index is 2.69. The second-order valence-corrected chi connectivity index (χ2v) is 6.42. The summed E-state index contributed by atoms with van der Waals surface area (Å²) in [6, 6.07) is 0. The third kappa shape index (κ3) is 1.31. The largest absolute Gasteiger partial charge is 0.304 e. The monoisotopic (exact) mass is 194 g/mol. The zero-order valence-electron chi connectivity index (χ0n) is 9.55. The Hall–Kier alpha value is -0.0800. The molecular weight excluding hydrogens is 172 g/mol. The molecule has 3 saturated carbocycles. The van der Waals surface area contributed by atoms with Crippen molar-refractivity contribution in [3.8, 4) is 0 Å². The highest BCUT2D eigenvalue weighted by atomic mass is 15.2. The van der Waals surface area contributed by atoms with Gasteiger partial charge in [-0.05, 0) is 37.1 Å². The van der Waals surface area contributed by atoms with Gasteiger partial charge in [-0.3, -0.25) is 0 Å². The van der Waals surface area contributed by atoms with Crippen molar-refractivity contribution < 1.29 is 0 Å². The first-order valence-corrected chi connectivity index (χ1v) is 6.00. The van der Waals surface area contributed by atoms with Crippen molar-refractivity contribution in [1.29, 1.82) is 0 Å². The Morgan fingerprint density at radius 1 is 1.00 bits per heavy atom. The van der Waals surface area contributed by atoms with Gasteiger partial charge in [-0.1, -0.05) is 6.92 Å². The molecule has 2 bridgehead atoms. The molecule has 0 N–H and O–H groups in total. The first-order valence-electron chi connectivity index (χ1n) is 6.00. The van der Waals surface area contributed by atoms with Crippen LogP contribution in [-0.4, -0.2) is 49.6 Å². The number of hydrogen-bond donors (Lipinski definition) is 0. The molecule has 3 aliphatic carbocycles. The predicted octanol–water partition coefficient (Wildman–Crippen LogP) is 1.42. The maximum Gasteiger partial charge on any atom is 0.0110 e. The van der Waals surface area contributed by atoms with Crippen LogP contribution in [0, 0.1) is 10.8 Å². The first-order chi connectivity index (χ1) is 6.59. The van der Waals surface area contributed by atoms with Crippen molar-refractivity contribution in [2.24, 2.45) is 10.8 Å². The molecule has 0 aromatic heterocycles. The molecule has 4 aliphatic rings. The van der Waals surface area contributed by atoms with Gasteiger partial charge in [0.25, 0.3) is 0 Å². The van der Waals surface area contributed by atoms with Gasteiger partial charge in [-0.2, -0.15) is 0 Å². The molecule has 2 nitrogen and oxygen atoms in total. The van der Waals surface area contributed by atoms with Gasteiger partial charge in [-0.25, -0.2) is 0 Å². The van der Waals surface area contributed by atoms with Gasteiger partial charge >= 0.3 is 0 Å². The highest BCUT2D eigenvalue weighted by molar-refractivity contribution is 5.15. The standard InChI is InChI=1S/C12H22N2/c1-11-7-12(8-11,9-11)10-14-5-3-13(2)4-6-14/h3-10H2,1-2H3. The van der Waals surface area contributed by atoms with Gasteiger partial charge in [0.1, 0.15) is 0 Å². The van der Waals surface area contributed by atoms with E-state index in [1.165, 1.54) is 52.0 Å². The number of nitrogens with zero attached hydrogens (tertiary/aromatic N) is 2. The van der Waals surface area contributed by atoms with Crippen LogP contribution in [0.15, 0.2) is 0 Å². The van der Waals surface area contributed by atoms with Crippen LogP contribution in [0.5, 0.6) is 0 Å². The van der Waals surface area contributed by atoms with E-state index >= 15 is 0 Å². The average molecular weight is 194 g/mol. The van der Waals surface area contributed by atoms with Gasteiger partial charge in [0.15, 0.2) is 0 Å². The fourth-order valence-corrected chi connectivity index (χ4v) is 4.21. The lowest BCUT2D eigenvalue weighted by Gasteiger charge is -2.71. The Kier molecular flexibility index (Phi) is 1.79. The van der Waals surface area contributed by atoms with Crippen LogP contribution < -0.4 is 0 Å². The lowest BCUT2D eigenvalue weighted by Crippen LogP contribution is -2.65. The number of hydrogen-bond acceptors (Lipinski definition) is 2. The topological polar surface area (TPSA) is 6.48 Å². The third-order valence-electron chi connectivity index (χ3n) is 4.56. The summed E-state index contributed by atoms with van der Waals surface area (Å²) in [5, 5.41) is 0. The van der Waals surface area contributed by atoms with E-state index in [1.54, 1.807) is 0 Å². The molecule has 0 atom stereocenters. The minimum Gasteiger partial charge on any atom is -0.304 e. The highest BCUT2D eigenvalue weighted by Gasteiger charge is 2.64. The zero-order chi connectivity index (χ0) is 9.81. The van der Waals surface area contributed by atoms with Gasteiger partial charge in [0.2, 0.25) is 0 Å². The predicted molar refractivity (Wildman–Crippen MR) is 58.3 cm³/mol. The number of rotatable bonds is 2. The molecule has 4 fully saturated rings. The molecule has 80 valence electrons. The summed E-state index contributed by atoms with van der Waals surface area (Å²) < 4.78 is 0. The zero-order valence-corrected chi connectivity index (χ0v) is 9.55. The second-order valence-electron chi connectivity index (χ2n) is 6.42. The fraction of sp³-hybridized carbons (Fsp3) is 1.00. The summed E-state index contributed by atoms with van der Waals surface area (Å²) in [6.45, 7) is 9.00. The van der Waals surface area contributed by atoms with E-state index in [9.17, 15) is 0 Å². The first kappa shape index (κ1) is 9.17. The Morgan fingerprint density at radius 2 is 1.57 bits per heavy atom. The normalized spacial score (nSPS) is 48.4. The number of piperazine rings is 1. The summed E-state index contributed by atoms with van der Waals surface area (Å²) in [5.41, 5.74) is 1.57. The second kappa shape index (κ2) is 2.73. The van der Waals surface area contributed by atoms with Crippen molar-refractivity contribution in [3.63, 3.8) is 0 Å². The van der Waals surface area contributed by atoms with Crippen LogP contribution in [0.4, 0.5) is 0 Å². The van der Waals surface area contributed by atoms with Crippen LogP contribution in [0.3, 0.4) is 0 Å². The Bertz CT molecular complexity index is 221. The van der Waals surface area contributed by atoms with E-state index in [0.717, 1.165) is 10.8 Å². The van der Waals surface area contributed by atoms with Crippen LogP contribution in [0.25, 0.3) is 0 Å². The quantitative estimate of drug-likeness (QED) is 0.656. The lowest BCUT2D eigenvalue weighted by atomic mass is 9.36. The maximum absolute atomic E-state index is 2.69. The van der Waals surface area contributed by atoms with E-state index in [1.807, 2.05) is 0 Å². The Balaban J connectivity index is 1.50. The van der Waals surface area contributed by atoms with Crippen molar-refractivity contribution >= 4 is 0 Å². The van der Waals surface area contributed by atoms with Crippen molar-refractivity contribution in [3.05, 3.63) is 0 Å². The molecule has 1 saturated heterocycles. The lowest BCUT2D eigenvalue weighted by molar-refractivity contribution is -0.202. The molecule has 4 rings (SSSR count). The van der Waals surface area contributed by atoms with Crippen LogP contribution in [-0.2, 0) is 0 Å². The fourth-order valence-electron chi connectivity index (χ4n) is 4.21. The molecule has 0 unspecified atom stereocenters. The molecule has 0 aromatic carbocycles. The van der Waals surface area contributed by atoms with E-state index in [-0.39, 0.29) is 0 Å². The van der Waals surface area contributed by atoms with Crippen molar-refractivity contribution in [1.82, 2.24) is 9.80 Å². The minimum atomic E-state index is 0.782. The summed E-state index contributed by atoms with van der Waals surface area (Å²) in [7, 11) is 2.24. The molecule has 1 heterocycles. The minimum absolute atomic E-state index is 0.782. The van der Waals surface area contributed by atoms with Crippen molar-refractivity contribution in [2.75, 3.05) is 39.8 Å². The summed E-state index contributed by atoms with van der Waals surface area (Å²) >= 11 is 0. The van der Waals surface area contributed by atoms with E-state index in [2.05, 4.69) is 23.8 Å². The molecule has 1 aliphatic heterocycles. The molecule has 0 spiro atoms. The van der Waals surface area contributed by atoms with E-state index in [0.29, 0.717) is 0 Å². The van der Waals surface area contributed by atoms with Gasteiger partial charge < -0.3 is 9.80 Å². The average Bonchev–Trinajstić information content (AvgIpc) is 2.04. The van der Waals surface area contributed by atoms with Crippen LogP contribution in [0.1, 0.15) is 26.2 Å². The molecular formula is C12H22N2. The summed E-state index contributed by atoms with van der Waals surface area (Å²) in [5.74, 6) is 0. The molecule has 0 amide bonds. The Labute approximate surface area is 87.3 Å². The smallest absolute Gasteiger partial charge is 0.0110 e. The Morgan fingerprint density at radius 3 is 2.07 bits per heavy atom. The molecule has 0 radical (unpaired) electrons. The van der Waals surface area contributed by atoms with E-state index in [4.69, 9.17) is 0 Å². The van der Waals surface area contributed by atoms with Crippen molar-refractivity contribution in [2.45, 2.75) is 26.2 Å². The third-order valence-corrected chi connectivity index (χ3v) is 4.56. The van der Waals surface area contributed by atoms with Crippen LogP contribution >= 0.6 is 0 Å². The molecule has 14 heavy (non-hydrogen) atoms.